The monoisotopic (exact) mass is 615 g/mol. The minimum absolute atomic E-state index is 0.0275. The van der Waals surface area contributed by atoms with Crippen molar-refractivity contribution in [3.8, 4) is 0 Å². The zero-order valence-corrected chi connectivity index (χ0v) is 22.5. The zero-order valence-electron chi connectivity index (χ0n) is 20.8. The molecule has 220 valence electrons. The van der Waals surface area contributed by atoms with E-state index in [1.54, 1.807) is 0 Å². The van der Waals surface area contributed by atoms with Crippen LogP contribution in [0.25, 0.3) is 22.3 Å². The van der Waals surface area contributed by atoms with Gasteiger partial charge in [-0.25, -0.2) is 19.3 Å². The number of aromatic nitrogens is 9. The second kappa shape index (κ2) is 9.93. The van der Waals surface area contributed by atoms with E-state index in [-0.39, 0.29) is 47.1 Å². The van der Waals surface area contributed by atoms with Gasteiger partial charge in [-0.05, 0) is 11.8 Å². The molecule has 8 N–H and O–H groups in total. The van der Waals surface area contributed by atoms with Crippen LogP contribution in [0, 0.1) is 0 Å². The molecule has 2 fully saturated rings. The van der Waals surface area contributed by atoms with Crippen LogP contribution < -0.4 is 17.0 Å². The standard InChI is InChI=1S/C19H23FN11O8PS/c20-19(30-7-25-10-13(21)23-6-24-14(10)30)5-37-9(12(19)33)3-38-40(35,41)39-18(1-8(2-32)36-4-18)31-15-11(28-29-31)16(34)27-17(22)26-15/h6-9,12,32-33H,1-5H2,(H,35,41)(H2,21,23,24)(H3,22,26,27,34)/t8-,9+,12+,18+,19?,40?/m0/s1. The van der Waals surface area contributed by atoms with Crippen LogP contribution in [-0.4, -0.2) is 104 Å². The number of anilines is 2. The molecule has 0 saturated carbocycles. The maximum absolute atomic E-state index is 16.0. The first kappa shape index (κ1) is 27.9. The van der Waals surface area contributed by atoms with Gasteiger partial charge in [-0.15, -0.1) is 5.10 Å². The molecule has 0 aliphatic carbocycles. The molecule has 6 rings (SSSR count). The van der Waals surface area contributed by atoms with Crippen molar-refractivity contribution in [1.29, 1.82) is 0 Å². The van der Waals surface area contributed by atoms with E-state index in [1.165, 1.54) is 0 Å². The van der Waals surface area contributed by atoms with Crippen molar-refractivity contribution in [2.45, 2.75) is 36.3 Å². The van der Waals surface area contributed by atoms with Crippen molar-refractivity contribution in [2.75, 3.05) is 37.9 Å². The van der Waals surface area contributed by atoms with E-state index < -0.39 is 61.9 Å². The molecule has 2 saturated heterocycles. The van der Waals surface area contributed by atoms with Crippen molar-refractivity contribution in [3.63, 3.8) is 0 Å². The number of rotatable bonds is 8. The SMILES string of the molecule is Nc1nc2c(nnn2[C@]2(OP(O)(=S)OC[C@H]3OCC(F)(n4cnc5c(N)ncnc54)[C@@H]3O)CO[C@H](CO)C2)c(=O)[nH]1. The van der Waals surface area contributed by atoms with Crippen LogP contribution in [0.3, 0.4) is 0 Å². The lowest BCUT2D eigenvalue weighted by Crippen LogP contribution is -2.43. The van der Waals surface area contributed by atoms with Gasteiger partial charge >= 0.3 is 6.72 Å². The summed E-state index contributed by atoms with van der Waals surface area (Å²) >= 11 is 5.22. The fourth-order valence-corrected chi connectivity index (χ4v) is 6.40. The van der Waals surface area contributed by atoms with E-state index in [0.717, 1.165) is 21.9 Å². The number of nitrogen functional groups attached to an aromatic ring is 2. The molecule has 0 spiro atoms. The fourth-order valence-electron chi connectivity index (χ4n) is 4.78. The van der Waals surface area contributed by atoms with Crippen LogP contribution in [0.4, 0.5) is 16.2 Å². The number of nitrogens with two attached hydrogens (primary N) is 2. The largest absolute Gasteiger partial charge is 0.394 e. The number of fused-ring (bicyclic) bond motifs is 2. The first-order valence-corrected chi connectivity index (χ1v) is 14.5. The van der Waals surface area contributed by atoms with Crippen molar-refractivity contribution < 1.29 is 38.0 Å². The molecule has 4 aromatic heterocycles. The minimum Gasteiger partial charge on any atom is -0.394 e. The van der Waals surface area contributed by atoms with Gasteiger partial charge in [0.2, 0.25) is 11.7 Å². The molecule has 2 unspecified atom stereocenters. The predicted octanol–water partition coefficient (Wildman–Crippen LogP) is -2.42. The van der Waals surface area contributed by atoms with Crippen LogP contribution in [0.2, 0.25) is 0 Å². The van der Waals surface area contributed by atoms with Crippen molar-refractivity contribution in [2.24, 2.45) is 0 Å². The van der Waals surface area contributed by atoms with Gasteiger partial charge in [0.05, 0.1) is 32.3 Å². The number of aliphatic hydroxyl groups is 2. The number of nitrogens with zero attached hydrogens (tertiary/aromatic N) is 8. The summed E-state index contributed by atoms with van der Waals surface area (Å²) < 4.78 is 40.4. The molecule has 0 bridgehead atoms. The maximum Gasteiger partial charge on any atom is 0.326 e. The summed E-state index contributed by atoms with van der Waals surface area (Å²) in [7, 11) is 0. The number of hydrogen-bond acceptors (Lipinski definition) is 16. The third kappa shape index (κ3) is 4.64. The van der Waals surface area contributed by atoms with Crippen LogP contribution in [-0.2, 0) is 41.8 Å². The Morgan fingerprint density at radius 2 is 2.05 bits per heavy atom. The molecule has 4 aromatic rings. The van der Waals surface area contributed by atoms with Crippen LogP contribution >= 0.6 is 6.72 Å². The molecule has 0 amide bonds. The van der Waals surface area contributed by atoms with E-state index in [4.69, 9.17) is 41.8 Å². The third-order valence-electron chi connectivity index (χ3n) is 6.77. The van der Waals surface area contributed by atoms with Crippen molar-refractivity contribution in [3.05, 3.63) is 23.0 Å². The van der Waals surface area contributed by atoms with Gasteiger partial charge in [0.1, 0.15) is 30.7 Å². The average Bonchev–Trinajstić information content (AvgIpc) is 3.69. The molecule has 0 aromatic carbocycles. The third-order valence-corrected chi connectivity index (χ3v) is 8.35. The number of halogens is 1. The number of aliphatic hydroxyl groups excluding tert-OH is 2. The van der Waals surface area contributed by atoms with Gasteiger partial charge in [-0.1, -0.05) is 5.21 Å². The second-order valence-corrected chi connectivity index (χ2v) is 12.2. The smallest absolute Gasteiger partial charge is 0.326 e. The molecular formula is C19H23FN11O8PS. The lowest BCUT2D eigenvalue weighted by Gasteiger charge is -2.32. The van der Waals surface area contributed by atoms with Gasteiger partial charge in [0.15, 0.2) is 28.4 Å². The first-order chi connectivity index (χ1) is 19.5. The summed E-state index contributed by atoms with van der Waals surface area (Å²) in [5.74, 6) is -2.73. The Kier molecular flexibility index (Phi) is 6.75. The fraction of sp³-hybridized carbons (Fsp3) is 0.526. The number of H-pyrrole nitrogens is 1. The van der Waals surface area contributed by atoms with Crippen molar-refractivity contribution >= 4 is 52.6 Å². The quantitative estimate of drug-likeness (QED) is 0.113. The van der Waals surface area contributed by atoms with Gasteiger partial charge < -0.3 is 40.6 Å². The molecule has 19 nitrogen and oxygen atoms in total. The maximum atomic E-state index is 16.0. The van der Waals surface area contributed by atoms with E-state index in [9.17, 15) is 19.9 Å². The van der Waals surface area contributed by atoms with Gasteiger partial charge in [0, 0.05) is 6.42 Å². The Balaban J connectivity index is 1.23. The summed E-state index contributed by atoms with van der Waals surface area (Å²) in [6.45, 7) is -6.17. The Hall–Kier alpha value is -3.27. The molecule has 6 heterocycles. The normalized spacial score (nSPS) is 29.9. The summed E-state index contributed by atoms with van der Waals surface area (Å²) in [6, 6.07) is 0. The Labute approximate surface area is 232 Å². The molecule has 0 radical (unpaired) electrons. The summed E-state index contributed by atoms with van der Waals surface area (Å²) in [5.41, 5.74) is 8.95. The highest BCUT2D eigenvalue weighted by Gasteiger charge is 2.54. The topological polar surface area (TPSA) is 270 Å². The minimum atomic E-state index is -4.25. The number of alkyl halides is 1. The number of ether oxygens (including phenoxy) is 2. The lowest BCUT2D eigenvalue weighted by atomic mass is 10.1. The highest BCUT2D eigenvalue weighted by atomic mass is 32.5. The van der Waals surface area contributed by atoms with Gasteiger partial charge in [-0.2, -0.15) is 9.67 Å². The highest BCUT2D eigenvalue weighted by molar-refractivity contribution is 8.07. The summed E-state index contributed by atoms with van der Waals surface area (Å²) in [5, 5.41) is 28.3. The highest BCUT2D eigenvalue weighted by Crippen LogP contribution is 2.53. The second-order valence-electron chi connectivity index (χ2n) is 9.40. The number of nitrogens with one attached hydrogen (secondary N) is 1. The number of aromatic amines is 1. The first-order valence-electron chi connectivity index (χ1n) is 11.9. The Morgan fingerprint density at radius 1 is 1.24 bits per heavy atom. The van der Waals surface area contributed by atoms with E-state index >= 15 is 4.39 Å². The lowest BCUT2D eigenvalue weighted by molar-refractivity contribution is -0.0582. The molecule has 41 heavy (non-hydrogen) atoms. The summed E-state index contributed by atoms with van der Waals surface area (Å²) in [6.07, 6.45) is -1.74. The zero-order chi connectivity index (χ0) is 29.2. The molecule has 22 heteroatoms. The number of hydrogen-bond donors (Lipinski definition) is 6. The molecule has 2 aliphatic rings. The average molecular weight is 616 g/mol. The predicted molar refractivity (Wildman–Crippen MR) is 138 cm³/mol. The Morgan fingerprint density at radius 3 is 2.80 bits per heavy atom. The molecule has 2 aliphatic heterocycles. The Bertz CT molecular complexity index is 1740. The van der Waals surface area contributed by atoms with E-state index in [2.05, 4.69) is 35.2 Å². The molecular weight excluding hydrogens is 592 g/mol. The van der Waals surface area contributed by atoms with E-state index in [0.29, 0.717) is 0 Å². The molecule has 6 atom stereocenters. The summed E-state index contributed by atoms with van der Waals surface area (Å²) in [4.78, 5) is 41.4. The van der Waals surface area contributed by atoms with Crippen LogP contribution in [0.5, 0.6) is 0 Å². The van der Waals surface area contributed by atoms with Crippen LogP contribution in [0.1, 0.15) is 6.42 Å². The number of imidazole rings is 1. The van der Waals surface area contributed by atoms with Crippen LogP contribution in [0.15, 0.2) is 17.4 Å². The van der Waals surface area contributed by atoms with E-state index in [1.807, 2.05) is 0 Å². The van der Waals surface area contributed by atoms with Crippen molar-refractivity contribution in [1.82, 2.24) is 44.5 Å². The van der Waals surface area contributed by atoms with Gasteiger partial charge in [0.25, 0.3) is 5.56 Å². The van der Waals surface area contributed by atoms with Gasteiger partial charge in [-0.3, -0.25) is 18.9 Å².